The fourth-order valence-electron chi connectivity index (χ4n) is 4.35. The number of nitriles is 1. The minimum absolute atomic E-state index is 0.00798. The molecule has 0 radical (unpaired) electrons. The molecule has 1 atom stereocenters. The fourth-order valence-corrected chi connectivity index (χ4v) is 4.35. The van der Waals surface area contributed by atoms with Crippen molar-refractivity contribution in [1.82, 2.24) is 29.1 Å². The molecule has 5 rings (SSSR count). The van der Waals surface area contributed by atoms with Gasteiger partial charge in [-0.05, 0) is 43.4 Å². The van der Waals surface area contributed by atoms with E-state index in [0.717, 1.165) is 25.0 Å². The largest absolute Gasteiger partial charge is 0.416 e. The summed E-state index contributed by atoms with van der Waals surface area (Å²) in [6, 6.07) is 7.15. The van der Waals surface area contributed by atoms with E-state index >= 15 is 0 Å². The maximum Gasteiger partial charge on any atom is 0.416 e. The highest BCUT2D eigenvalue weighted by Crippen LogP contribution is 2.34. The molecule has 3 heterocycles. The molecule has 8 nitrogen and oxygen atoms in total. The van der Waals surface area contributed by atoms with Gasteiger partial charge >= 0.3 is 6.18 Å². The van der Waals surface area contributed by atoms with E-state index in [1.54, 1.807) is 17.0 Å². The molecule has 0 amide bonds. The zero-order valence-electron chi connectivity index (χ0n) is 19.2. The van der Waals surface area contributed by atoms with Crippen molar-refractivity contribution in [3.8, 4) is 17.7 Å². The van der Waals surface area contributed by atoms with Crippen LogP contribution in [0.25, 0.3) is 22.8 Å². The van der Waals surface area contributed by atoms with Crippen LogP contribution in [0.2, 0.25) is 0 Å². The van der Waals surface area contributed by atoms with Gasteiger partial charge in [0.25, 0.3) is 0 Å². The topological polar surface area (TPSA) is 97.2 Å². The lowest BCUT2D eigenvalue weighted by Gasteiger charge is -2.32. The van der Waals surface area contributed by atoms with E-state index in [2.05, 4.69) is 32.2 Å². The first-order valence-electron chi connectivity index (χ1n) is 11.3. The molecule has 0 saturated heterocycles. The Labute approximate surface area is 199 Å². The normalized spacial score (nSPS) is 15.1. The summed E-state index contributed by atoms with van der Waals surface area (Å²) >= 11 is 0. The number of imidazole rings is 2. The van der Waals surface area contributed by atoms with Crippen molar-refractivity contribution in [3.63, 3.8) is 0 Å². The standard InChI is InChI=1S/C24H23F3N8/c1-14(16-4-3-5-16)30-20-19-21(32-18(12-28)31-20)33-23(22-29-10-11-34(22)2)35(19)13-15-6-8-17(9-7-15)24(25,26)27/h6-11,14,16H,3-5,13H2,1-2H3,(H,30,31,32)/t14-/m1/s1. The number of rotatable bonds is 6. The van der Waals surface area contributed by atoms with Crippen molar-refractivity contribution in [3.05, 3.63) is 53.6 Å². The Morgan fingerprint density at radius 3 is 2.46 bits per heavy atom. The maximum absolute atomic E-state index is 13.1. The van der Waals surface area contributed by atoms with E-state index in [4.69, 9.17) is 0 Å². The molecule has 0 aliphatic heterocycles. The SMILES string of the molecule is C[C@@H](Nc1nc(C#N)nc2nc(-c3nccn3C)n(Cc3ccc(C(F)(F)F)cc3)c12)C1CCC1. The summed E-state index contributed by atoms with van der Waals surface area (Å²) in [6.07, 6.45) is 2.44. The van der Waals surface area contributed by atoms with Crippen molar-refractivity contribution < 1.29 is 13.2 Å². The summed E-state index contributed by atoms with van der Waals surface area (Å²) in [5.74, 6) is 2.02. The average molecular weight is 480 g/mol. The van der Waals surface area contributed by atoms with Crippen LogP contribution in [0.1, 0.15) is 43.1 Å². The van der Waals surface area contributed by atoms with Crippen molar-refractivity contribution in [2.45, 2.75) is 44.9 Å². The Morgan fingerprint density at radius 2 is 1.89 bits per heavy atom. The third-order valence-electron chi connectivity index (χ3n) is 6.57. The van der Waals surface area contributed by atoms with Crippen LogP contribution in [0.5, 0.6) is 0 Å². The molecule has 1 aliphatic carbocycles. The quantitative estimate of drug-likeness (QED) is 0.427. The molecular weight excluding hydrogens is 457 g/mol. The second-order valence-corrected chi connectivity index (χ2v) is 8.88. The third-order valence-corrected chi connectivity index (χ3v) is 6.57. The van der Waals surface area contributed by atoms with Gasteiger partial charge < -0.3 is 14.5 Å². The summed E-state index contributed by atoms with van der Waals surface area (Å²) in [4.78, 5) is 17.9. The van der Waals surface area contributed by atoms with Gasteiger partial charge in [0.05, 0.1) is 5.56 Å². The lowest BCUT2D eigenvalue weighted by molar-refractivity contribution is -0.137. The Hall–Kier alpha value is -3.94. The number of hydrogen-bond donors (Lipinski definition) is 1. The van der Waals surface area contributed by atoms with Crippen LogP contribution in [-0.4, -0.2) is 35.1 Å². The van der Waals surface area contributed by atoms with Crippen molar-refractivity contribution >= 4 is 17.0 Å². The van der Waals surface area contributed by atoms with Gasteiger partial charge in [-0.25, -0.2) is 9.97 Å². The van der Waals surface area contributed by atoms with Crippen molar-refractivity contribution in [1.29, 1.82) is 5.26 Å². The highest BCUT2D eigenvalue weighted by Gasteiger charge is 2.30. The lowest BCUT2D eigenvalue weighted by atomic mass is 9.80. The number of aryl methyl sites for hydroxylation is 1. The van der Waals surface area contributed by atoms with E-state index in [0.29, 0.717) is 40.1 Å². The average Bonchev–Trinajstić information content (AvgIpc) is 3.35. The summed E-state index contributed by atoms with van der Waals surface area (Å²) < 4.78 is 42.8. The van der Waals surface area contributed by atoms with Crippen LogP contribution in [0.4, 0.5) is 19.0 Å². The predicted octanol–water partition coefficient (Wildman–Crippen LogP) is 4.77. The summed E-state index contributed by atoms with van der Waals surface area (Å²) in [5, 5.41) is 13.0. The smallest absolute Gasteiger partial charge is 0.365 e. The van der Waals surface area contributed by atoms with Crippen LogP contribution < -0.4 is 5.32 Å². The number of anilines is 1. The predicted molar refractivity (Wildman–Crippen MR) is 123 cm³/mol. The molecule has 3 aromatic heterocycles. The van der Waals surface area contributed by atoms with E-state index in [1.807, 2.05) is 17.7 Å². The fraction of sp³-hybridized carbons (Fsp3) is 0.375. The minimum Gasteiger partial charge on any atom is -0.365 e. The zero-order chi connectivity index (χ0) is 24.7. The van der Waals surface area contributed by atoms with Gasteiger partial charge in [-0.1, -0.05) is 18.6 Å². The van der Waals surface area contributed by atoms with E-state index in [1.165, 1.54) is 18.6 Å². The van der Waals surface area contributed by atoms with Gasteiger partial charge in [0.1, 0.15) is 11.6 Å². The molecule has 1 fully saturated rings. The van der Waals surface area contributed by atoms with Crippen LogP contribution in [0.15, 0.2) is 36.7 Å². The highest BCUT2D eigenvalue weighted by molar-refractivity contribution is 5.87. The molecule has 4 aromatic rings. The molecule has 0 bridgehead atoms. The highest BCUT2D eigenvalue weighted by atomic mass is 19.4. The Kier molecular flexibility index (Phi) is 5.67. The first-order chi connectivity index (χ1) is 16.7. The van der Waals surface area contributed by atoms with Crippen LogP contribution in [0, 0.1) is 17.2 Å². The minimum atomic E-state index is -4.41. The van der Waals surface area contributed by atoms with Crippen molar-refractivity contribution in [2.75, 3.05) is 5.32 Å². The molecule has 35 heavy (non-hydrogen) atoms. The summed E-state index contributed by atoms with van der Waals surface area (Å²) in [6.45, 7) is 2.30. The molecule has 0 unspecified atom stereocenters. The first-order valence-corrected chi connectivity index (χ1v) is 11.3. The molecule has 11 heteroatoms. The van der Waals surface area contributed by atoms with Crippen LogP contribution >= 0.6 is 0 Å². The molecule has 1 saturated carbocycles. The van der Waals surface area contributed by atoms with Gasteiger partial charge in [-0.2, -0.15) is 28.4 Å². The van der Waals surface area contributed by atoms with E-state index in [-0.39, 0.29) is 18.4 Å². The Bertz CT molecular complexity index is 1410. The zero-order valence-corrected chi connectivity index (χ0v) is 19.2. The van der Waals surface area contributed by atoms with Gasteiger partial charge in [0, 0.05) is 32.0 Å². The number of fused-ring (bicyclic) bond motifs is 1. The number of benzene rings is 1. The molecule has 1 aromatic carbocycles. The molecule has 180 valence electrons. The van der Waals surface area contributed by atoms with Gasteiger partial charge in [-0.3, -0.25) is 0 Å². The van der Waals surface area contributed by atoms with Crippen LogP contribution in [-0.2, 0) is 19.8 Å². The van der Waals surface area contributed by atoms with Crippen molar-refractivity contribution in [2.24, 2.45) is 13.0 Å². The number of nitrogens with zero attached hydrogens (tertiary/aromatic N) is 7. The van der Waals surface area contributed by atoms with E-state index < -0.39 is 11.7 Å². The monoisotopic (exact) mass is 480 g/mol. The summed E-state index contributed by atoms with van der Waals surface area (Å²) in [7, 11) is 1.83. The second-order valence-electron chi connectivity index (χ2n) is 8.88. The molecular formula is C24H23F3N8. The number of hydrogen-bond acceptors (Lipinski definition) is 6. The van der Waals surface area contributed by atoms with Gasteiger partial charge in [0.2, 0.25) is 5.82 Å². The maximum atomic E-state index is 13.1. The Morgan fingerprint density at radius 1 is 1.14 bits per heavy atom. The number of nitrogens with one attached hydrogen (secondary N) is 1. The lowest BCUT2D eigenvalue weighted by Crippen LogP contribution is -2.31. The third kappa shape index (κ3) is 4.32. The second kappa shape index (κ2) is 8.69. The van der Waals surface area contributed by atoms with Gasteiger partial charge in [-0.15, -0.1) is 0 Å². The molecule has 1 aliphatic rings. The number of halogens is 3. The first kappa shape index (κ1) is 22.8. The summed E-state index contributed by atoms with van der Waals surface area (Å²) in [5.41, 5.74) is 0.840. The molecule has 1 N–H and O–H groups in total. The number of alkyl halides is 3. The van der Waals surface area contributed by atoms with Crippen LogP contribution in [0.3, 0.4) is 0 Å². The van der Waals surface area contributed by atoms with E-state index in [9.17, 15) is 18.4 Å². The Balaban J connectivity index is 1.65. The number of aromatic nitrogens is 6. The van der Waals surface area contributed by atoms with Gasteiger partial charge in [0.15, 0.2) is 23.1 Å². The molecule has 0 spiro atoms.